The molecular formula is C18H18BrN5OS. The van der Waals surface area contributed by atoms with E-state index in [0.29, 0.717) is 16.6 Å². The van der Waals surface area contributed by atoms with Crippen molar-refractivity contribution in [2.45, 2.75) is 49.5 Å². The molecule has 134 valence electrons. The van der Waals surface area contributed by atoms with E-state index in [1.807, 2.05) is 23.8 Å². The molecule has 0 saturated heterocycles. The van der Waals surface area contributed by atoms with Gasteiger partial charge >= 0.3 is 0 Å². The zero-order valence-electron chi connectivity index (χ0n) is 14.1. The van der Waals surface area contributed by atoms with E-state index in [2.05, 4.69) is 35.9 Å². The molecule has 4 aliphatic carbocycles. The third-order valence-electron chi connectivity index (χ3n) is 6.60. The second-order valence-electron chi connectivity index (χ2n) is 8.32. The Morgan fingerprint density at radius 2 is 2.08 bits per heavy atom. The molecule has 4 fully saturated rings. The van der Waals surface area contributed by atoms with E-state index in [1.54, 1.807) is 11.3 Å². The minimum Gasteiger partial charge on any atom is -0.338 e. The largest absolute Gasteiger partial charge is 0.338 e. The van der Waals surface area contributed by atoms with E-state index < -0.39 is 0 Å². The Hall–Kier alpha value is -1.54. The van der Waals surface area contributed by atoms with Crippen LogP contribution >= 0.6 is 27.3 Å². The summed E-state index contributed by atoms with van der Waals surface area (Å²) in [5.74, 6) is 2.97. The summed E-state index contributed by atoms with van der Waals surface area (Å²) < 4.78 is 8.63. The van der Waals surface area contributed by atoms with Gasteiger partial charge in [-0.2, -0.15) is 4.98 Å². The predicted octanol–water partition coefficient (Wildman–Crippen LogP) is 4.40. The second-order valence-corrected chi connectivity index (χ2v) is 9.98. The van der Waals surface area contributed by atoms with Crippen LogP contribution in [0.1, 0.15) is 44.4 Å². The first-order valence-electron chi connectivity index (χ1n) is 9.10. The van der Waals surface area contributed by atoms with Gasteiger partial charge in [0.25, 0.3) is 0 Å². The Bertz CT molecular complexity index is 950. The van der Waals surface area contributed by atoms with Gasteiger partial charge < -0.3 is 4.52 Å². The van der Waals surface area contributed by atoms with Gasteiger partial charge in [-0.25, -0.2) is 9.67 Å². The molecule has 0 amide bonds. The highest BCUT2D eigenvalue weighted by molar-refractivity contribution is 9.10. The average Bonchev–Trinajstić information content (AvgIpc) is 3.35. The maximum atomic E-state index is 5.85. The molecule has 8 heteroatoms. The fraction of sp³-hybridized carbons (Fsp3) is 0.556. The summed E-state index contributed by atoms with van der Waals surface area (Å²) in [5.41, 5.74) is 0.0334. The first-order chi connectivity index (χ1) is 12.6. The lowest BCUT2D eigenvalue weighted by molar-refractivity contribution is -0.0787. The van der Waals surface area contributed by atoms with Crippen molar-refractivity contribution >= 4 is 27.3 Å². The van der Waals surface area contributed by atoms with Crippen LogP contribution in [0.5, 0.6) is 0 Å². The van der Waals surface area contributed by atoms with Crippen LogP contribution in [0.25, 0.3) is 10.7 Å². The van der Waals surface area contributed by atoms with Crippen molar-refractivity contribution in [3.63, 3.8) is 0 Å². The van der Waals surface area contributed by atoms with Crippen LogP contribution < -0.4 is 0 Å². The summed E-state index contributed by atoms with van der Waals surface area (Å²) in [6.45, 7) is 0. The lowest BCUT2D eigenvalue weighted by Gasteiger charge is -2.60. The molecule has 3 aromatic rings. The molecule has 0 N–H and O–H groups in total. The summed E-state index contributed by atoms with van der Waals surface area (Å²) in [7, 11) is 0. The third kappa shape index (κ3) is 2.14. The zero-order valence-corrected chi connectivity index (χ0v) is 16.5. The molecule has 0 aromatic carbocycles. The molecular weight excluding hydrogens is 414 g/mol. The maximum absolute atomic E-state index is 5.85. The molecule has 4 bridgehead atoms. The average molecular weight is 432 g/mol. The van der Waals surface area contributed by atoms with Crippen LogP contribution in [-0.4, -0.2) is 24.9 Å². The Morgan fingerprint density at radius 3 is 2.77 bits per heavy atom. The van der Waals surface area contributed by atoms with E-state index in [4.69, 9.17) is 9.51 Å². The van der Waals surface area contributed by atoms with Gasteiger partial charge in [0.15, 0.2) is 0 Å². The highest BCUT2D eigenvalue weighted by Gasteiger charge is 2.61. The van der Waals surface area contributed by atoms with Crippen LogP contribution in [-0.2, 0) is 11.0 Å². The fourth-order valence-corrected chi connectivity index (χ4v) is 7.06. The number of rotatable bonds is 3. The van der Waals surface area contributed by atoms with Crippen LogP contribution in [0.4, 0.5) is 0 Å². The highest BCUT2D eigenvalue weighted by Crippen LogP contribution is 2.64. The van der Waals surface area contributed by atoms with E-state index in [1.165, 1.54) is 19.3 Å². The molecule has 0 aliphatic heterocycles. The molecule has 0 spiro atoms. The van der Waals surface area contributed by atoms with Crippen molar-refractivity contribution in [1.29, 1.82) is 0 Å². The molecule has 2 unspecified atom stereocenters. The van der Waals surface area contributed by atoms with Crippen LogP contribution in [0.3, 0.4) is 0 Å². The Balaban J connectivity index is 1.43. The SMILES string of the molecule is Brc1ncn(C23CC4CC(CC(c5nc(-c6cccs6)no5)(C4)C2)C3)n1. The van der Waals surface area contributed by atoms with Gasteiger partial charge in [-0.3, -0.25) is 0 Å². The molecule has 26 heavy (non-hydrogen) atoms. The summed E-state index contributed by atoms with van der Waals surface area (Å²) in [6.07, 6.45) is 8.93. The molecule has 3 aromatic heterocycles. The van der Waals surface area contributed by atoms with Gasteiger partial charge in [-0.05, 0) is 77.7 Å². The summed E-state index contributed by atoms with van der Waals surface area (Å²) in [6, 6.07) is 4.08. The zero-order chi connectivity index (χ0) is 17.4. The van der Waals surface area contributed by atoms with Crippen molar-refractivity contribution < 1.29 is 4.52 Å². The lowest BCUT2D eigenvalue weighted by atomic mass is 9.47. The number of hydrogen-bond acceptors (Lipinski definition) is 6. The van der Waals surface area contributed by atoms with Gasteiger partial charge in [0.05, 0.1) is 15.8 Å². The quantitative estimate of drug-likeness (QED) is 0.614. The first-order valence-corrected chi connectivity index (χ1v) is 10.8. The predicted molar refractivity (Wildman–Crippen MR) is 99.7 cm³/mol. The normalized spacial score (nSPS) is 35.3. The van der Waals surface area contributed by atoms with Crippen molar-refractivity contribution in [2.24, 2.45) is 11.8 Å². The van der Waals surface area contributed by atoms with E-state index in [9.17, 15) is 0 Å². The Kier molecular flexibility index (Phi) is 3.13. The summed E-state index contributed by atoms with van der Waals surface area (Å²) >= 11 is 5.07. The highest BCUT2D eigenvalue weighted by atomic mass is 79.9. The number of halogens is 1. The van der Waals surface area contributed by atoms with Gasteiger partial charge in [-0.15, -0.1) is 16.4 Å². The standard InChI is InChI=1S/C18H18BrN5OS/c19-16-20-10-24(22-16)18-7-11-4-12(8-18)6-17(5-11,9-18)15-21-14(23-25-15)13-2-1-3-26-13/h1-3,10-12H,4-9H2. The van der Waals surface area contributed by atoms with Crippen LogP contribution in [0, 0.1) is 11.8 Å². The lowest BCUT2D eigenvalue weighted by Crippen LogP contribution is -2.58. The first kappa shape index (κ1) is 15.5. The van der Waals surface area contributed by atoms with Crippen LogP contribution in [0.15, 0.2) is 33.1 Å². The Morgan fingerprint density at radius 1 is 1.23 bits per heavy atom. The molecule has 3 heterocycles. The topological polar surface area (TPSA) is 69.6 Å². The monoisotopic (exact) mass is 431 g/mol. The molecule has 6 nitrogen and oxygen atoms in total. The van der Waals surface area contributed by atoms with Gasteiger partial charge in [0.1, 0.15) is 6.33 Å². The smallest absolute Gasteiger partial charge is 0.233 e. The molecule has 2 atom stereocenters. The summed E-state index contributed by atoms with van der Waals surface area (Å²) in [4.78, 5) is 10.2. The third-order valence-corrected chi connectivity index (χ3v) is 7.83. The summed E-state index contributed by atoms with van der Waals surface area (Å²) in [5, 5.41) is 11.0. The van der Waals surface area contributed by atoms with E-state index >= 15 is 0 Å². The van der Waals surface area contributed by atoms with E-state index in [-0.39, 0.29) is 11.0 Å². The second kappa shape index (κ2) is 5.25. The molecule has 4 aliphatic rings. The number of aromatic nitrogens is 5. The number of thiophene rings is 1. The van der Waals surface area contributed by atoms with Gasteiger partial charge in [0, 0.05) is 0 Å². The molecule has 0 radical (unpaired) electrons. The van der Waals surface area contributed by atoms with Crippen molar-refractivity contribution in [2.75, 3.05) is 0 Å². The van der Waals surface area contributed by atoms with Crippen molar-refractivity contribution in [3.8, 4) is 10.7 Å². The van der Waals surface area contributed by atoms with Crippen LogP contribution in [0.2, 0.25) is 0 Å². The minimum atomic E-state index is -0.00891. The fourth-order valence-electron chi connectivity index (χ4n) is 6.15. The number of hydrogen-bond donors (Lipinski definition) is 0. The van der Waals surface area contributed by atoms with Gasteiger partial charge in [0.2, 0.25) is 16.4 Å². The maximum Gasteiger partial charge on any atom is 0.233 e. The number of nitrogens with zero attached hydrogens (tertiary/aromatic N) is 5. The molecule has 7 rings (SSSR count). The van der Waals surface area contributed by atoms with Crippen molar-refractivity contribution in [1.82, 2.24) is 24.9 Å². The molecule has 4 saturated carbocycles. The van der Waals surface area contributed by atoms with E-state index in [0.717, 1.165) is 35.9 Å². The Labute approximate surface area is 163 Å². The van der Waals surface area contributed by atoms with Crippen molar-refractivity contribution in [3.05, 3.63) is 34.5 Å². The minimum absolute atomic E-state index is 0.00891. The van der Waals surface area contributed by atoms with Gasteiger partial charge in [-0.1, -0.05) is 11.2 Å².